The van der Waals surface area contributed by atoms with E-state index in [0.29, 0.717) is 0 Å². The Balaban J connectivity index is 2.67. The minimum Gasteiger partial charge on any atom is -0.468 e. The Hall–Kier alpha value is -0.0900. The summed E-state index contributed by atoms with van der Waals surface area (Å²) in [6, 6.07) is 0. The summed E-state index contributed by atoms with van der Waals surface area (Å²) in [4.78, 5) is 21.7. The smallest absolute Gasteiger partial charge is 0.316 e. The number of thioether (sulfide) groups is 2. The molecular formula is C8H9NO3S5. The molecule has 0 atom stereocenters. The number of nitrogens with two attached hydrogens (primary N) is 1. The Labute approximate surface area is 120 Å². The molecule has 1 aromatic rings. The first-order valence-corrected chi connectivity index (χ1v) is 8.29. The van der Waals surface area contributed by atoms with Gasteiger partial charge in [0.15, 0.2) is 0 Å². The lowest BCUT2D eigenvalue weighted by molar-refractivity contribution is -0.137. The van der Waals surface area contributed by atoms with Gasteiger partial charge in [0.2, 0.25) is 5.91 Å². The maximum Gasteiger partial charge on any atom is 0.316 e. The quantitative estimate of drug-likeness (QED) is 0.491. The van der Waals surface area contributed by atoms with E-state index in [1.54, 1.807) is 0 Å². The van der Waals surface area contributed by atoms with Crippen LogP contribution < -0.4 is 5.73 Å². The van der Waals surface area contributed by atoms with Crippen LogP contribution in [0.1, 0.15) is 0 Å². The molecule has 0 unspecified atom stereocenters. The molecule has 0 saturated heterocycles. The first kappa shape index (κ1) is 15.0. The van der Waals surface area contributed by atoms with E-state index in [2.05, 4.69) is 4.74 Å². The van der Waals surface area contributed by atoms with Crippen LogP contribution in [0, 0.1) is 3.14 Å². The molecule has 0 aliphatic carbocycles. The summed E-state index contributed by atoms with van der Waals surface area (Å²) in [5, 5.41) is 0. The third-order valence-electron chi connectivity index (χ3n) is 1.41. The second kappa shape index (κ2) is 7.37. The molecule has 0 radical (unpaired) electrons. The van der Waals surface area contributed by atoms with Crippen molar-refractivity contribution in [3.05, 3.63) is 3.14 Å². The van der Waals surface area contributed by atoms with Gasteiger partial charge >= 0.3 is 5.97 Å². The van der Waals surface area contributed by atoms with Crippen LogP contribution in [0.2, 0.25) is 0 Å². The zero-order chi connectivity index (χ0) is 12.8. The lowest BCUT2D eigenvalue weighted by Gasteiger charge is -2.00. The van der Waals surface area contributed by atoms with Crippen LogP contribution in [-0.4, -0.2) is 30.5 Å². The topological polar surface area (TPSA) is 69.4 Å². The molecule has 0 fully saturated rings. The van der Waals surface area contributed by atoms with Gasteiger partial charge in [-0.25, -0.2) is 0 Å². The van der Waals surface area contributed by atoms with E-state index >= 15 is 0 Å². The number of rotatable bonds is 6. The minimum absolute atomic E-state index is 0.216. The average molecular weight is 327 g/mol. The highest BCUT2D eigenvalue weighted by Crippen LogP contribution is 2.40. The van der Waals surface area contributed by atoms with Crippen molar-refractivity contribution >= 4 is 70.3 Å². The van der Waals surface area contributed by atoms with E-state index < -0.39 is 0 Å². The second-order valence-corrected chi connectivity index (χ2v) is 8.36. The third-order valence-corrected chi connectivity index (χ3v) is 6.99. The van der Waals surface area contributed by atoms with Crippen molar-refractivity contribution in [1.29, 1.82) is 0 Å². The van der Waals surface area contributed by atoms with Crippen molar-refractivity contribution in [2.24, 2.45) is 5.73 Å². The van der Waals surface area contributed by atoms with Gasteiger partial charge in [0.25, 0.3) is 0 Å². The van der Waals surface area contributed by atoms with Crippen LogP contribution in [-0.2, 0) is 14.3 Å². The number of methoxy groups -OCH3 is 1. The largest absolute Gasteiger partial charge is 0.468 e. The summed E-state index contributed by atoms with van der Waals surface area (Å²) < 4.78 is 7.21. The number of esters is 1. The lowest BCUT2D eigenvalue weighted by Crippen LogP contribution is -2.12. The summed E-state index contributed by atoms with van der Waals surface area (Å²) in [7, 11) is 1.35. The van der Waals surface area contributed by atoms with E-state index in [0.717, 1.165) is 11.6 Å². The van der Waals surface area contributed by atoms with Gasteiger partial charge in [0.05, 0.1) is 27.0 Å². The normalized spacial score (nSPS) is 10.2. The number of amides is 1. The molecule has 17 heavy (non-hydrogen) atoms. The third kappa shape index (κ3) is 5.38. The molecule has 2 N–H and O–H groups in total. The van der Waals surface area contributed by atoms with E-state index in [9.17, 15) is 9.59 Å². The van der Waals surface area contributed by atoms with Gasteiger partial charge in [-0.3, -0.25) is 9.59 Å². The maximum atomic E-state index is 11.0. The fraction of sp³-hybridized carbons (Fsp3) is 0.375. The van der Waals surface area contributed by atoms with Crippen molar-refractivity contribution in [3.63, 3.8) is 0 Å². The molecule has 4 nitrogen and oxygen atoms in total. The highest BCUT2D eigenvalue weighted by molar-refractivity contribution is 8.05. The van der Waals surface area contributed by atoms with Gasteiger partial charge in [-0.05, 0) is 0 Å². The molecular weight excluding hydrogens is 318 g/mol. The molecule has 1 heterocycles. The fourth-order valence-corrected chi connectivity index (χ4v) is 6.43. The van der Waals surface area contributed by atoms with Crippen molar-refractivity contribution in [2.75, 3.05) is 18.6 Å². The molecule has 0 spiro atoms. The Morgan fingerprint density at radius 1 is 1.29 bits per heavy atom. The lowest BCUT2D eigenvalue weighted by atomic mass is 10.8. The molecule has 0 bridgehead atoms. The van der Waals surface area contributed by atoms with Crippen LogP contribution in [0.5, 0.6) is 0 Å². The van der Waals surface area contributed by atoms with Crippen LogP contribution in [0.4, 0.5) is 0 Å². The number of carbonyl (C=O) groups is 2. The second-order valence-electron chi connectivity index (χ2n) is 2.65. The summed E-state index contributed by atoms with van der Waals surface area (Å²) in [5.74, 6) is -0.204. The molecule has 0 aliphatic rings. The maximum absolute atomic E-state index is 11.0. The van der Waals surface area contributed by atoms with E-state index in [1.165, 1.54) is 53.3 Å². The van der Waals surface area contributed by atoms with Crippen molar-refractivity contribution < 1.29 is 14.3 Å². The molecule has 1 aromatic heterocycles. The molecule has 9 heteroatoms. The Morgan fingerprint density at radius 2 is 1.82 bits per heavy atom. The zero-order valence-corrected chi connectivity index (χ0v) is 12.8. The number of ether oxygens (including phenoxy) is 1. The van der Waals surface area contributed by atoms with Crippen molar-refractivity contribution in [2.45, 2.75) is 8.42 Å². The predicted molar refractivity (Wildman–Crippen MR) is 75.7 cm³/mol. The SMILES string of the molecule is COC(=O)CSc1sc(=S)sc1SCC(N)=O. The number of carbonyl (C=O) groups excluding carboxylic acids is 2. The van der Waals surface area contributed by atoms with Crippen LogP contribution in [0.25, 0.3) is 0 Å². The summed E-state index contributed by atoms with van der Waals surface area (Å²) in [5.41, 5.74) is 5.08. The molecule has 0 saturated carbocycles. The molecule has 1 rings (SSSR count). The zero-order valence-electron chi connectivity index (χ0n) is 8.76. The predicted octanol–water partition coefficient (Wildman–Crippen LogP) is 2.38. The van der Waals surface area contributed by atoms with Crippen LogP contribution in [0.3, 0.4) is 0 Å². The highest BCUT2D eigenvalue weighted by atomic mass is 32.2. The monoisotopic (exact) mass is 327 g/mol. The van der Waals surface area contributed by atoms with Gasteiger partial charge in [-0.15, -0.1) is 46.2 Å². The van der Waals surface area contributed by atoms with E-state index in [-0.39, 0.29) is 23.4 Å². The number of primary amides is 1. The Morgan fingerprint density at radius 3 is 2.29 bits per heavy atom. The molecule has 0 aliphatic heterocycles. The van der Waals surface area contributed by atoms with E-state index in [1.807, 2.05) is 0 Å². The summed E-state index contributed by atoms with van der Waals surface area (Å²) in [6.07, 6.45) is 0. The van der Waals surface area contributed by atoms with Crippen molar-refractivity contribution in [1.82, 2.24) is 0 Å². The van der Waals surface area contributed by atoms with Gasteiger partial charge in [-0.2, -0.15) is 0 Å². The summed E-state index contributed by atoms with van der Waals surface area (Å²) in [6.45, 7) is 0. The van der Waals surface area contributed by atoms with Crippen LogP contribution in [0.15, 0.2) is 8.42 Å². The van der Waals surface area contributed by atoms with Crippen LogP contribution >= 0.6 is 58.4 Å². The van der Waals surface area contributed by atoms with Gasteiger partial charge in [0.1, 0.15) is 3.14 Å². The molecule has 1 amide bonds. The van der Waals surface area contributed by atoms with Gasteiger partial charge < -0.3 is 10.5 Å². The fourth-order valence-electron chi connectivity index (χ4n) is 0.752. The number of hydrogen-bond donors (Lipinski definition) is 1. The Kier molecular flexibility index (Phi) is 6.49. The highest BCUT2D eigenvalue weighted by Gasteiger charge is 2.12. The number of hydrogen-bond acceptors (Lipinski definition) is 8. The molecule has 94 valence electrons. The first-order valence-electron chi connectivity index (χ1n) is 4.27. The first-order chi connectivity index (χ1) is 8.02. The van der Waals surface area contributed by atoms with Gasteiger partial charge in [-0.1, -0.05) is 12.2 Å². The standard InChI is InChI=1S/C8H9NO3S5/c1-12-5(11)3-15-7-6(14-2-4(9)10)16-8(13)17-7/h2-3H2,1H3,(H2,9,10). The minimum atomic E-state index is -0.372. The van der Waals surface area contributed by atoms with Gasteiger partial charge in [0, 0.05) is 0 Å². The molecule has 0 aromatic carbocycles. The summed E-state index contributed by atoms with van der Waals surface area (Å²) >= 11 is 10.7. The average Bonchev–Trinajstić information content (AvgIpc) is 2.63. The Bertz CT molecular complexity index is 466. The van der Waals surface area contributed by atoms with E-state index in [4.69, 9.17) is 18.0 Å². The van der Waals surface area contributed by atoms with Crippen molar-refractivity contribution in [3.8, 4) is 0 Å².